The summed E-state index contributed by atoms with van der Waals surface area (Å²) in [5.41, 5.74) is 0. The Labute approximate surface area is 98.4 Å². The van der Waals surface area contributed by atoms with Crippen LogP contribution in [0.4, 0.5) is 4.79 Å². The van der Waals surface area contributed by atoms with Crippen molar-refractivity contribution in [2.75, 3.05) is 26.2 Å². The van der Waals surface area contributed by atoms with E-state index in [1.165, 1.54) is 0 Å². The molecule has 2 saturated heterocycles. The molecule has 0 unspecified atom stereocenters. The number of aliphatic hydroxyl groups is 1. The molecule has 0 spiro atoms. The summed E-state index contributed by atoms with van der Waals surface area (Å²) < 4.78 is 0. The van der Waals surface area contributed by atoms with Crippen molar-refractivity contribution in [3.63, 3.8) is 0 Å². The maximum absolute atomic E-state index is 11.9. The maximum atomic E-state index is 11.9. The summed E-state index contributed by atoms with van der Waals surface area (Å²) in [6, 6.07) is -0.702. The molecule has 2 fully saturated rings. The van der Waals surface area contributed by atoms with E-state index in [0.29, 0.717) is 6.54 Å². The summed E-state index contributed by atoms with van der Waals surface area (Å²) in [6.45, 7) is 0.219. The number of rotatable bonds is 3. The van der Waals surface area contributed by atoms with Crippen molar-refractivity contribution in [2.45, 2.75) is 18.9 Å². The Morgan fingerprint density at radius 1 is 1.47 bits per heavy atom. The molecule has 0 aromatic rings. The van der Waals surface area contributed by atoms with E-state index in [9.17, 15) is 14.4 Å². The molecule has 17 heavy (non-hydrogen) atoms. The molecule has 2 aliphatic rings. The van der Waals surface area contributed by atoms with Crippen LogP contribution in [0.25, 0.3) is 0 Å². The first-order chi connectivity index (χ1) is 8.13. The van der Waals surface area contributed by atoms with Gasteiger partial charge >= 0.3 is 6.03 Å². The molecule has 7 heteroatoms. The monoisotopic (exact) mass is 241 g/mol. The predicted molar refractivity (Wildman–Crippen MR) is 56.9 cm³/mol. The molecule has 0 aromatic heterocycles. The molecule has 2 heterocycles. The number of amides is 4. The molecule has 1 atom stereocenters. The highest BCUT2D eigenvalue weighted by atomic mass is 16.3. The van der Waals surface area contributed by atoms with Gasteiger partial charge in [0.25, 0.3) is 5.91 Å². The van der Waals surface area contributed by atoms with Crippen LogP contribution in [0.3, 0.4) is 0 Å². The lowest BCUT2D eigenvalue weighted by Gasteiger charge is -2.24. The van der Waals surface area contributed by atoms with Gasteiger partial charge in [0.05, 0.1) is 19.2 Å². The second-order valence-electron chi connectivity index (χ2n) is 4.20. The fourth-order valence-corrected chi connectivity index (χ4v) is 2.20. The molecule has 4 amide bonds. The Bertz CT molecular complexity index is 341. The molecule has 0 aromatic carbocycles. The summed E-state index contributed by atoms with van der Waals surface area (Å²) >= 11 is 0. The van der Waals surface area contributed by atoms with Crippen LogP contribution >= 0.6 is 0 Å². The van der Waals surface area contributed by atoms with E-state index >= 15 is 0 Å². The molecule has 0 aliphatic carbocycles. The van der Waals surface area contributed by atoms with Crippen LogP contribution in [-0.4, -0.2) is 65.0 Å². The second kappa shape index (κ2) is 4.70. The van der Waals surface area contributed by atoms with Crippen LogP contribution in [0.15, 0.2) is 0 Å². The highest BCUT2D eigenvalue weighted by Gasteiger charge is 2.34. The molecular formula is C10H15N3O4. The van der Waals surface area contributed by atoms with E-state index in [4.69, 9.17) is 5.11 Å². The Morgan fingerprint density at radius 3 is 2.82 bits per heavy atom. The van der Waals surface area contributed by atoms with Crippen LogP contribution < -0.4 is 5.32 Å². The van der Waals surface area contributed by atoms with Gasteiger partial charge in [0.15, 0.2) is 0 Å². The third-order valence-electron chi connectivity index (χ3n) is 3.14. The number of aliphatic hydroxyl groups excluding tert-OH is 1. The van der Waals surface area contributed by atoms with E-state index in [1.807, 2.05) is 0 Å². The second-order valence-corrected chi connectivity index (χ2v) is 4.20. The highest BCUT2D eigenvalue weighted by molar-refractivity contribution is 6.04. The molecule has 2 N–H and O–H groups in total. The SMILES string of the molecule is O=C1CNC(=O)N1CC(=O)N1CCC[C@H]1CO. The minimum atomic E-state index is -0.525. The fourth-order valence-electron chi connectivity index (χ4n) is 2.20. The van der Waals surface area contributed by atoms with Crippen molar-refractivity contribution in [3.05, 3.63) is 0 Å². The van der Waals surface area contributed by atoms with Gasteiger partial charge in [-0.15, -0.1) is 0 Å². The average Bonchev–Trinajstić information content (AvgIpc) is 2.90. The van der Waals surface area contributed by atoms with Crippen molar-refractivity contribution < 1.29 is 19.5 Å². The molecule has 0 radical (unpaired) electrons. The molecule has 94 valence electrons. The number of urea groups is 1. The molecule has 7 nitrogen and oxygen atoms in total. The van der Waals surface area contributed by atoms with Gasteiger partial charge in [-0.25, -0.2) is 4.79 Å². The van der Waals surface area contributed by atoms with Gasteiger partial charge in [0.2, 0.25) is 5.91 Å². The summed E-state index contributed by atoms with van der Waals surface area (Å²) in [4.78, 5) is 36.9. The van der Waals surface area contributed by atoms with E-state index in [1.54, 1.807) is 4.90 Å². The van der Waals surface area contributed by atoms with Gasteiger partial charge in [-0.1, -0.05) is 0 Å². The molecule has 0 saturated carbocycles. The van der Waals surface area contributed by atoms with Gasteiger partial charge in [0, 0.05) is 6.54 Å². The first-order valence-electron chi connectivity index (χ1n) is 5.62. The standard InChI is InChI=1S/C10H15N3O4/c14-6-7-2-1-3-12(7)9(16)5-13-8(15)4-11-10(13)17/h7,14H,1-6H2,(H,11,17)/t7-/m0/s1. The van der Waals surface area contributed by atoms with Crippen LogP contribution in [0.1, 0.15) is 12.8 Å². The molecule has 0 bridgehead atoms. The third-order valence-corrected chi connectivity index (χ3v) is 3.14. The zero-order valence-corrected chi connectivity index (χ0v) is 9.39. The summed E-state index contributed by atoms with van der Waals surface area (Å²) in [5.74, 6) is -0.671. The predicted octanol–water partition coefficient (Wildman–Crippen LogP) is -1.48. The third kappa shape index (κ3) is 2.23. The fraction of sp³-hybridized carbons (Fsp3) is 0.700. The first kappa shape index (κ1) is 11.8. The number of carbonyl (C=O) groups excluding carboxylic acids is 3. The molecule has 2 aliphatic heterocycles. The number of carbonyl (C=O) groups is 3. The van der Waals surface area contributed by atoms with Crippen LogP contribution in [0.5, 0.6) is 0 Å². The zero-order chi connectivity index (χ0) is 12.4. The van der Waals surface area contributed by atoms with Crippen molar-refractivity contribution in [1.29, 1.82) is 0 Å². The number of nitrogens with one attached hydrogen (secondary N) is 1. The van der Waals surface area contributed by atoms with Crippen molar-refractivity contribution >= 4 is 17.8 Å². The lowest BCUT2D eigenvalue weighted by Crippen LogP contribution is -2.45. The minimum Gasteiger partial charge on any atom is -0.394 e. The number of hydrogen-bond acceptors (Lipinski definition) is 4. The van der Waals surface area contributed by atoms with Gasteiger partial charge in [-0.2, -0.15) is 0 Å². The van der Waals surface area contributed by atoms with E-state index in [2.05, 4.69) is 5.32 Å². The van der Waals surface area contributed by atoms with Gasteiger partial charge in [-0.3, -0.25) is 14.5 Å². The highest BCUT2D eigenvalue weighted by Crippen LogP contribution is 2.17. The Kier molecular flexibility index (Phi) is 3.28. The Balaban J connectivity index is 1.97. The van der Waals surface area contributed by atoms with Gasteiger partial charge < -0.3 is 15.3 Å². The van der Waals surface area contributed by atoms with Gasteiger partial charge in [0.1, 0.15) is 6.54 Å². The topological polar surface area (TPSA) is 90.0 Å². The minimum absolute atomic E-state index is 0.0461. The van der Waals surface area contributed by atoms with Crippen molar-refractivity contribution in [3.8, 4) is 0 Å². The number of nitrogens with zero attached hydrogens (tertiary/aromatic N) is 2. The van der Waals surface area contributed by atoms with Crippen molar-refractivity contribution in [1.82, 2.24) is 15.1 Å². The first-order valence-corrected chi connectivity index (χ1v) is 5.62. The van der Waals surface area contributed by atoms with E-state index < -0.39 is 6.03 Å². The normalized spacial score (nSPS) is 24.4. The van der Waals surface area contributed by atoms with Gasteiger partial charge in [-0.05, 0) is 12.8 Å². The van der Waals surface area contributed by atoms with Crippen LogP contribution in [0.2, 0.25) is 0 Å². The zero-order valence-electron chi connectivity index (χ0n) is 9.39. The number of likely N-dealkylation sites (tertiary alicyclic amines) is 1. The lowest BCUT2D eigenvalue weighted by molar-refractivity contribution is -0.137. The molecular weight excluding hydrogens is 226 g/mol. The largest absolute Gasteiger partial charge is 0.394 e. The Hall–Kier alpha value is -1.63. The Morgan fingerprint density at radius 2 is 2.24 bits per heavy atom. The number of hydrogen-bond donors (Lipinski definition) is 2. The smallest absolute Gasteiger partial charge is 0.325 e. The lowest BCUT2D eigenvalue weighted by atomic mass is 10.2. The van der Waals surface area contributed by atoms with Crippen LogP contribution in [-0.2, 0) is 9.59 Å². The van der Waals surface area contributed by atoms with Crippen molar-refractivity contribution in [2.24, 2.45) is 0 Å². The molecule has 2 rings (SSSR count). The summed E-state index contributed by atoms with van der Waals surface area (Å²) in [6.07, 6.45) is 1.61. The van der Waals surface area contributed by atoms with Crippen LogP contribution in [0, 0.1) is 0 Å². The van der Waals surface area contributed by atoms with E-state index in [-0.39, 0.29) is 37.6 Å². The summed E-state index contributed by atoms with van der Waals surface area (Å²) in [7, 11) is 0. The summed E-state index contributed by atoms with van der Waals surface area (Å²) in [5, 5.41) is 11.5. The van der Waals surface area contributed by atoms with E-state index in [0.717, 1.165) is 17.7 Å². The average molecular weight is 241 g/mol. The quantitative estimate of drug-likeness (QED) is 0.590. The maximum Gasteiger partial charge on any atom is 0.325 e. The number of imide groups is 1.